The number of anilines is 1. The average molecular weight is 221 g/mol. The minimum absolute atomic E-state index is 0.00704. The van der Waals surface area contributed by atoms with Crippen molar-refractivity contribution in [3.63, 3.8) is 0 Å². The number of aldehydes is 1. The van der Waals surface area contributed by atoms with Crippen LogP contribution < -0.4 is 5.32 Å². The lowest BCUT2D eigenvalue weighted by Gasteiger charge is -1.99. The smallest absolute Gasteiger partial charge is 0.142 e. The Bertz CT molecular complexity index is 272. The van der Waals surface area contributed by atoms with Crippen molar-refractivity contribution < 1.29 is 4.79 Å². The van der Waals surface area contributed by atoms with Crippen LogP contribution in [0.4, 0.5) is 5.69 Å². The van der Waals surface area contributed by atoms with E-state index in [2.05, 4.69) is 19.2 Å². The Morgan fingerprint density at radius 1 is 1.31 bits per heavy atom. The van der Waals surface area contributed by atoms with Gasteiger partial charge in [0.05, 0.1) is 6.04 Å². The monoisotopic (exact) mass is 221 g/mol. The number of rotatable bonds is 1. The summed E-state index contributed by atoms with van der Waals surface area (Å²) < 4.78 is 0. The molecule has 16 heavy (non-hydrogen) atoms. The first-order valence-electron chi connectivity index (χ1n) is 6.11. The fraction of sp³-hybridized carbons (Fsp3) is 0.500. The van der Waals surface area contributed by atoms with Crippen LogP contribution in [0.25, 0.3) is 0 Å². The molecule has 1 aliphatic heterocycles. The van der Waals surface area contributed by atoms with Gasteiger partial charge in [-0.1, -0.05) is 52.3 Å². The van der Waals surface area contributed by atoms with Crippen molar-refractivity contribution in [1.29, 1.82) is 0 Å². The Balaban J connectivity index is 0.000000394. The molecule has 1 unspecified atom stereocenters. The molecule has 1 aromatic rings. The highest BCUT2D eigenvalue weighted by Crippen LogP contribution is 2.23. The normalized spacial score (nSPS) is 15.6. The Morgan fingerprint density at radius 3 is 2.38 bits per heavy atom. The molecule has 1 aromatic carbocycles. The van der Waals surface area contributed by atoms with Crippen molar-refractivity contribution in [1.82, 2.24) is 0 Å². The number of carbonyl (C=O) groups is 1. The minimum atomic E-state index is -0.00704. The second kappa shape index (κ2) is 8.96. The van der Waals surface area contributed by atoms with Crippen LogP contribution in [0.3, 0.4) is 0 Å². The van der Waals surface area contributed by atoms with Gasteiger partial charge in [0.15, 0.2) is 0 Å². The summed E-state index contributed by atoms with van der Waals surface area (Å²) in [5, 5.41) is 3.12. The van der Waals surface area contributed by atoms with E-state index >= 15 is 0 Å². The SMILES string of the molecule is CC.CCC.O=CC1Cc2ccccc2N1. The lowest BCUT2D eigenvalue weighted by Crippen LogP contribution is -2.15. The summed E-state index contributed by atoms with van der Waals surface area (Å²) in [6, 6.07) is 8.00. The zero-order valence-electron chi connectivity index (χ0n) is 10.8. The lowest BCUT2D eigenvalue weighted by molar-refractivity contribution is -0.108. The van der Waals surface area contributed by atoms with Gasteiger partial charge in [0.25, 0.3) is 0 Å². The van der Waals surface area contributed by atoms with E-state index in [-0.39, 0.29) is 6.04 Å². The van der Waals surface area contributed by atoms with E-state index in [1.165, 1.54) is 12.0 Å². The number of hydrogen-bond acceptors (Lipinski definition) is 2. The molecule has 0 fully saturated rings. The molecular formula is C14H23NO. The van der Waals surface area contributed by atoms with E-state index in [9.17, 15) is 4.79 Å². The van der Waals surface area contributed by atoms with Gasteiger partial charge in [0, 0.05) is 12.1 Å². The third kappa shape index (κ3) is 4.47. The van der Waals surface area contributed by atoms with Crippen LogP contribution in [0.2, 0.25) is 0 Å². The van der Waals surface area contributed by atoms with Crippen molar-refractivity contribution in [2.75, 3.05) is 5.32 Å². The molecule has 1 heterocycles. The topological polar surface area (TPSA) is 29.1 Å². The molecule has 2 nitrogen and oxygen atoms in total. The molecule has 0 saturated heterocycles. The van der Waals surface area contributed by atoms with Gasteiger partial charge in [-0.25, -0.2) is 0 Å². The van der Waals surface area contributed by atoms with Crippen molar-refractivity contribution in [3.8, 4) is 0 Å². The molecule has 0 aliphatic carbocycles. The molecule has 2 heteroatoms. The van der Waals surface area contributed by atoms with Crippen LogP contribution in [-0.2, 0) is 11.2 Å². The molecule has 0 amide bonds. The predicted octanol–water partition coefficient (Wildman–Crippen LogP) is 3.66. The van der Waals surface area contributed by atoms with Gasteiger partial charge in [-0.2, -0.15) is 0 Å². The molecule has 0 aromatic heterocycles. The molecule has 1 atom stereocenters. The summed E-state index contributed by atoms with van der Waals surface area (Å²) >= 11 is 0. The van der Waals surface area contributed by atoms with Gasteiger partial charge in [0.2, 0.25) is 0 Å². The fourth-order valence-electron chi connectivity index (χ4n) is 1.41. The molecule has 0 spiro atoms. The lowest BCUT2D eigenvalue weighted by atomic mass is 10.1. The van der Waals surface area contributed by atoms with Gasteiger partial charge in [-0.05, 0) is 11.6 Å². The summed E-state index contributed by atoms with van der Waals surface area (Å²) in [7, 11) is 0. The molecule has 1 N–H and O–H groups in total. The standard InChI is InChI=1S/C9H9NO.C3H8.C2H6/c11-6-8-5-7-3-1-2-4-9(7)10-8;1-3-2;1-2/h1-4,6,8,10H,5H2;3H2,1-2H3;1-2H3. The first-order chi connectivity index (χ1) is 7.81. The maximum atomic E-state index is 10.4. The van der Waals surface area contributed by atoms with Gasteiger partial charge in [-0.15, -0.1) is 0 Å². The largest absolute Gasteiger partial charge is 0.375 e. The van der Waals surface area contributed by atoms with Gasteiger partial charge >= 0.3 is 0 Å². The molecule has 0 saturated carbocycles. The van der Waals surface area contributed by atoms with Crippen LogP contribution in [-0.4, -0.2) is 12.3 Å². The molecule has 0 bridgehead atoms. The van der Waals surface area contributed by atoms with Crippen molar-refractivity contribution in [2.24, 2.45) is 0 Å². The Hall–Kier alpha value is -1.31. The number of benzene rings is 1. The Labute approximate surface area is 99.1 Å². The number of hydrogen-bond donors (Lipinski definition) is 1. The summed E-state index contributed by atoms with van der Waals surface area (Å²) in [6.07, 6.45) is 3.04. The Kier molecular flexibility index (Phi) is 8.22. The van der Waals surface area contributed by atoms with Crippen molar-refractivity contribution in [3.05, 3.63) is 29.8 Å². The van der Waals surface area contributed by atoms with Crippen molar-refractivity contribution >= 4 is 12.0 Å². The van der Waals surface area contributed by atoms with Gasteiger partial charge in [0.1, 0.15) is 6.29 Å². The summed E-state index contributed by atoms with van der Waals surface area (Å²) in [5.41, 5.74) is 2.34. The second-order valence-corrected chi connectivity index (χ2v) is 3.46. The highest BCUT2D eigenvalue weighted by molar-refractivity contribution is 5.71. The number of carbonyl (C=O) groups excluding carboxylic acids is 1. The second-order valence-electron chi connectivity index (χ2n) is 3.46. The highest BCUT2D eigenvalue weighted by Gasteiger charge is 2.17. The predicted molar refractivity (Wildman–Crippen MR) is 70.9 cm³/mol. The zero-order valence-corrected chi connectivity index (χ0v) is 10.8. The first kappa shape index (κ1) is 14.7. The third-order valence-electron chi connectivity index (χ3n) is 1.96. The van der Waals surface area contributed by atoms with Gasteiger partial charge in [-0.3, -0.25) is 0 Å². The molecule has 0 radical (unpaired) electrons. The molecule has 1 aliphatic rings. The first-order valence-corrected chi connectivity index (χ1v) is 6.11. The summed E-state index contributed by atoms with van der Waals surface area (Å²) in [5.74, 6) is 0. The van der Waals surface area contributed by atoms with Crippen LogP contribution >= 0.6 is 0 Å². The van der Waals surface area contributed by atoms with E-state index in [0.29, 0.717) is 0 Å². The van der Waals surface area contributed by atoms with E-state index in [4.69, 9.17) is 0 Å². The average Bonchev–Trinajstić information content (AvgIpc) is 2.75. The molecule has 2 rings (SSSR count). The maximum absolute atomic E-state index is 10.4. The van der Waals surface area contributed by atoms with Crippen molar-refractivity contribution in [2.45, 2.75) is 46.6 Å². The zero-order chi connectivity index (χ0) is 12.4. The number of nitrogens with one attached hydrogen (secondary N) is 1. The summed E-state index contributed by atoms with van der Waals surface area (Å²) in [4.78, 5) is 10.4. The van der Waals surface area contributed by atoms with E-state index in [0.717, 1.165) is 18.4 Å². The van der Waals surface area contributed by atoms with E-state index in [1.807, 2.05) is 38.1 Å². The third-order valence-corrected chi connectivity index (χ3v) is 1.96. The van der Waals surface area contributed by atoms with Crippen LogP contribution in [0.5, 0.6) is 0 Å². The van der Waals surface area contributed by atoms with Crippen LogP contribution in [0.1, 0.15) is 39.7 Å². The fourth-order valence-corrected chi connectivity index (χ4v) is 1.41. The van der Waals surface area contributed by atoms with E-state index < -0.39 is 0 Å². The quantitative estimate of drug-likeness (QED) is 0.733. The summed E-state index contributed by atoms with van der Waals surface area (Å²) in [6.45, 7) is 8.25. The molecular weight excluding hydrogens is 198 g/mol. The number of fused-ring (bicyclic) bond motifs is 1. The van der Waals surface area contributed by atoms with E-state index in [1.54, 1.807) is 0 Å². The highest BCUT2D eigenvalue weighted by atomic mass is 16.1. The minimum Gasteiger partial charge on any atom is -0.375 e. The van der Waals surface area contributed by atoms with Crippen LogP contribution in [0, 0.1) is 0 Å². The van der Waals surface area contributed by atoms with Gasteiger partial charge < -0.3 is 10.1 Å². The molecule has 90 valence electrons. The maximum Gasteiger partial charge on any atom is 0.142 e. The number of para-hydroxylation sites is 1. The van der Waals surface area contributed by atoms with Crippen LogP contribution in [0.15, 0.2) is 24.3 Å². The Morgan fingerprint density at radius 2 is 1.88 bits per heavy atom.